The smallest absolute Gasteiger partial charge is 0.547 e. The summed E-state index contributed by atoms with van der Waals surface area (Å²) in [6, 6.07) is 0. The molecular formula is C3H5LiO3. The maximum Gasteiger partial charge on any atom is 1.00 e. The number of aliphatic carboxylic acids is 1. The molecule has 7 heavy (non-hydrogen) atoms. The number of hydrogen-bond acceptors (Lipinski definition) is 3. The van der Waals surface area contributed by atoms with Gasteiger partial charge in [-0.15, -0.1) is 0 Å². The van der Waals surface area contributed by atoms with Gasteiger partial charge in [0.25, 0.3) is 0 Å². The van der Waals surface area contributed by atoms with E-state index in [9.17, 15) is 9.90 Å². The van der Waals surface area contributed by atoms with Crippen LogP contribution in [0.2, 0.25) is 0 Å². The van der Waals surface area contributed by atoms with Gasteiger partial charge in [0, 0.05) is 0 Å². The molecule has 0 aromatic rings. The van der Waals surface area contributed by atoms with E-state index in [2.05, 4.69) is 0 Å². The molecule has 0 spiro atoms. The number of carbonyl (C=O) groups is 1. The molecule has 0 saturated heterocycles. The van der Waals surface area contributed by atoms with E-state index < -0.39 is 12.1 Å². The summed E-state index contributed by atoms with van der Waals surface area (Å²) in [5, 5.41) is 17.3. The molecule has 0 heterocycles. The molecule has 0 radical (unpaired) electrons. The van der Waals surface area contributed by atoms with Crippen molar-refractivity contribution in [2.45, 2.75) is 13.0 Å². The largest absolute Gasteiger partial charge is 1.00 e. The molecule has 0 amide bonds. The first-order valence-corrected chi connectivity index (χ1v) is 1.53. The molecule has 0 bridgehead atoms. The van der Waals surface area contributed by atoms with Gasteiger partial charge in [-0.1, -0.05) is 0 Å². The Hall–Kier alpha value is 0.0274. The number of carbonyl (C=O) groups excluding carboxylic acids is 1. The van der Waals surface area contributed by atoms with E-state index in [0.717, 1.165) is 6.92 Å². The predicted octanol–water partition coefficient (Wildman–Crippen LogP) is -4.88. The summed E-state index contributed by atoms with van der Waals surface area (Å²) in [5.74, 6) is -1.44. The van der Waals surface area contributed by atoms with E-state index in [1.807, 2.05) is 0 Å². The van der Waals surface area contributed by atoms with Crippen LogP contribution in [0.5, 0.6) is 0 Å². The zero-order valence-electron chi connectivity index (χ0n) is 4.34. The molecule has 4 heteroatoms. The van der Waals surface area contributed by atoms with Crippen LogP contribution in [0, 0.1) is 0 Å². The van der Waals surface area contributed by atoms with Gasteiger partial charge in [-0.25, -0.2) is 0 Å². The second-order valence-corrected chi connectivity index (χ2v) is 0.995. The number of hydrogen-bond donors (Lipinski definition) is 1. The van der Waals surface area contributed by atoms with Gasteiger partial charge in [-0.3, -0.25) is 0 Å². The third-order valence-corrected chi connectivity index (χ3v) is 0.341. The third kappa shape index (κ3) is 6.03. The molecular weight excluding hydrogens is 91.0 g/mol. The van der Waals surface area contributed by atoms with Gasteiger partial charge in [-0.05, 0) is 6.92 Å². The van der Waals surface area contributed by atoms with Crippen LogP contribution >= 0.6 is 0 Å². The molecule has 0 unspecified atom stereocenters. The first-order valence-electron chi connectivity index (χ1n) is 1.53. The van der Waals surface area contributed by atoms with Gasteiger partial charge >= 0.3 is 18.9 Å². The minimum absolute atomic E-state index is 0. The molecule has 0 saturated carbocycles. The Morgan fingerprint density at radius 2 is 2.00 bits per heavy atom. The fourth-order valence-electron chi connectivity index (χ4n) is 0. The first kappa shape index (κ1) is 10.1. The van der Waals surface area contributed by atoms with Crippen LogP contribution in [0.15, 0.2) is 0 Å². The number of carboxylic acids is 1. The second-order valence-electron chi connectivity index (χ2n) is 0.995. The van der Waals surface area contributed by atoms with Crippen LogP contribution in [0.4, 0.5) is 0 Å². The van der Waals surface area contributed by atoms with Crippen molar-refractivity contribution in [3.63, 3.8) is 0 Å². The van der Waals surface area contributed by atoms with Crippen LogP contribution in [0.1, 0.15) is 6.92 Å². The first-order chi connectivity index (χ1) is 2.64. The summed E-state index contributed by atoms with van der Waals surface area (Å²) in [6.07, 6.45) is -1.34. The maximum atomic E-state index is 9.34. The van der Waals surface area contributed by atoms with Crippen LogP contribution in [0.3, 0.4) is 0 Å². The molecule has 0 aliphatic rings. The standard InChI is InChI=1S/C3H6O3.Li/c1-2(4)3(5)6;/h2,4H,1H3,(H,5,6);/q;+1/p-1/t2-;/m0./s1. The third-order valence-electron chi connectivity index (χ3n) is 0.341. The van der Waals surface area contributed by atoms with E-state index in [1.165, 1.54) is 0 Å². The van der Waals surface area contributed by atoms with Crippen molar-refractivity contribution >= 4 is 5.97 Å². The molecule has 1 atom stereocenters. The quantitative estimate of drug-likeness (QED) is 0.333. The van der Waals surface area contributed by atoms with Crippen molar-refractivity contribution in [3.8, 4) is 0 Å². The number of aliphatic hydroxyl groups is 1. The maximum absolute atomic E-state index is 9.34. The molecule has 0 aromatic carbocycles. The van der Waals surface area contributed by atoms with Crippen molar-refractivity contribution in [1.29, 1.82) is 0 Å². The molecule has 3 nitrogen and oxygen atoms in total. The van der Waals surface area contributed by atoms with E-state index >= 15 is 0 Å². The Bertz CT molecular complexity index is 61.2. The Morgan fingerprint density at radius 1 is 1.86 bits per heavy atom. The summed E-state index contributed by atoms with van der Waals surface area (Å²) in [4.78, 5) is 9.34. The zero-order chi connectivity index (χ0) is 5.15. The molecule has 0 rings (SSSR count). The van der Waals surface area contributed by atoms with Gasteiger partial charge < -0.3 is 15.0 Å². The van der Waals surface area contributed by atoms with Crippen LogP contribution in [-0.2, 0) is 4.79 Å². The van der Waals surface area contributed by atoms with Gasteiger partial charge in [0.2, 0.25) is 0 Å². The van der Waals surface area contributed by atoms with Crippen LogP contribution in [-0.4, -0.2) is 17.2 Å². The summed E-state index contributed by atoms with van der Waals surface area (Å²) in [5.41, 5.74) is 0. The Morgan fingerprint density at radius 3 is 2.00 bits per heavy atom. The summed E-state index contributed by atoms with van der Waals surface area (Å²) >= 11 is 0. The van der Waals surface area contributed by atoms with Gasteiger partial charge in [0.1, 0.15) is 0 Å². The fourth-order valence-corrected chi connectivity index (χ4v) is 0. The zero-order valence-corrected chi connectivity index (χ0v) is 4.34. The second kappa shape index (κ2) is 4.19. The van der Waals surface area contributed by atoms with Gasteiger partial charge in [0.15, 0.2) is 0 Å². The SMILES string of the molecule is C[C@H](O)C(=O)[O-].[Li+]. The number of aliphatic hydroxyl groups excluding tert-OH is 1. The Labute approximate surface area is 53.5 Å². The molecule has 0 aliphatic heterocycles. The Kier molecular flexibility index (Phi) is 6.05. The van der Waals surface area contributed by atoms with E-state index in [-0.39, 0.29) is 18.9 Å². The van der Waals surface area contributed by atoms with Crippen molar-refractivity contribution in [2.24, 2.45) is 0 Å². The van der Waals surface area contributed by atoms with Crippen LogP contribution in [0.25, 0.3) is 0 Å². The molecule has 1 N–H and O–H groups in total. The van der Waals surface area contributed by atoms with Crippen molar-refractivity contribution < 1.29 is 33.9 Å². The van der Waals surface area contributed by atoms with Crippen LogP contribution < -0.4 is 24.0 Å². The monoisotopic (exact) mass is 96.0 g/mol. The normalized spacial score (nSPS) is 11.7. The van der Waals surface area contributed by atoms with Crippen molar-refractivity contribution in [3.05, 3.63) is 0 Å². The molecule has 0 fully saturated rings. The molecule has 0 aliphatic carbocycles. The molecule has 0 aromatic heterocycles. The summed E-state index contributed by atoms with van der Waals surface area (Å²) in [7, 11) is 0. The minimum atomic E-state index is -1.44. The minimum Gasteiger partial charge on any atom is -0.547 e. The fraction of sp³-hybridized carbons (Fsp3) is 0.667. The van der Waals surface area contributed by atoms with Crippen molar-refractivity contribution in [1.82, 2.24) is 0 Å². The van der Waals surface area contributed by atoms with Crippen molar-refractivity contribution in [2.75, 3.05) is 0 Å². The Balaban J connectivity index is 0. The summed E-state index contributed by atoms with van der Waals surface area (Å²) in [6.45, 7) is 1.13. The predicted molar refractivity (Wildman–Crippen MR) is 16.7 cm³/mol. The topological polar surface area (TPSA) is 60.4 Å². The van der Waals surface area contributed by atoms with E-state index in [4.69, 9.17) is 5.11 Å². The average molecular weight is 96.0 g/mol. The average Bonchev–Trinajstić information content (AvgIpc) is 1.36. The van der Waals surface area contributed by atoms with Gasteiger partial charge in [0.05, 0.1) is 12.1 Å². The van der Waals surface area contributed by atoms with E-state index in [0.29, 0.717) is 0 Å². The molecule has 36 valence electrons. The summed E-state index contributed by atoms with van der Waals surface area (Å²) < 4.78 is 0. The number of rotatable bonds is 1. The number of carboxylic acid groups (broad SMARTS) is 1. The van der Waals surface area contributed by atoms with Gasteiger partial charge in [-0.2, -0.15) is 0 Å². The van der Waals surface area contributed by atoms with E-state index in [1.54, 1.807) is 0 Å².